The van der Waals surface area contributed by atoms with Crippen molar-refractivity contribution in [1.82, 2.24) is 4.90 Å². The molecule has 4 rings (SSSR count). The molecule has 1 spiro atoms. The Bertz CT molecular complexity index is 517. The number of halogens is 1. The van der Waals surface area contributed by atoms with E-state index < -0.39 is 6.10 Å². The number of aliphatic hydroxyl groups excluding tert-OH is 1. The second kappa shape index (κ2) is 4.21. The Kier molecular flexibility index (Phi) is 2.70. The van der Waals surface area contributed by atoms with Crippen molar-refractivity contribution in [3.63, 3.8) is 0 Å². The molecule has 2 atom stereocenters. The largest absolute Gasteiger partial charge is 0.485 e. The molecule has 3 aliphatic rings. The molecule has 1 unspecified atom stereocenters. The average molecular weight is 324 g/mol. The van der Waals surface area contributed by atoms with Crippen molar-refractivity contribution in [3.8, 4) is 5.75 Å². The minimum atomic E-state index is -0.402. The molecular weight excluding hydrogens is 306 g/mol. The third kappa shape index (κ3) is 2.10. The van der Waals surface area contributed by atoms with Gasteiger partial charge in [0.15, 0.2) is 0 Å². The van der Waals surface area contributed by atoms with Crippen LogP contribution < -0.4 is 4.74 Å². The van der Waals surface area contributed by atoms with Gasteiger partial charge in [-0.25, -0.2) is 0 Å². The van der Waals surface area contributed by atoms with Gasteiger partial charge in [-0.15, -0.1) is 0 Å². The van der Waals surface area contributed by atoms with Crippen molar-refractivity contribution in [1.29, 1.82) is 0 Å². The Morgan fingerprint density at radius 1 is 1.37 bits per heavy atom. The van der Waals surface area contributed by atoms with Gasteiger partial charge < -0.3 is 9.84 Å². The zero-order chi connectivity index (χ0) is 13.0. The molecule has 1 aromatic rings. The highest BCUT2D eigenvalue weighted by molar-refractivity contribution is 9.10. The predicted molar refractivity (Wildman–Crippen MR) is 76.3 cm³/mol. The lowest BCUT2D eigenvalue weighted by Crippen LogP contribution is -2.44. The summed E-state index contributed by atoms with van der Waals surface area (Å²) in [6, 6.07) is 6.72. The van der Waals surface area contributed by atoms with Crippen LogP contribution >= 0.6 is 15.9 Å². The van der Waals surface area contributed by atoms with Crippen LogP contribution in [-0.2, 0) is 0 Å². The molecule has 2 aliphatic heterocycles. The molecule has 0 radical (unpaired) electrons. The topological polar surface area (TPSA) is 32.7 Å². The molecule has 4 heteroatoms. The number of ether oxygens (including phenoxy) is 1. The van der Waals surface area contributed by atoms with Crippen LogP contribution in [0.15, 0.2) is 22.7 Å². The summed E-state index contributed by atoms with van der Waals surface area (Å²) in [5.74, 6) is 0.861. The lowest BCUT2D eigenvalue weighted by Gasteiger charge is -2.38. The molecule has 0 bridgehead atoms. The normalized spacial score (nSPS) is 34.3. The number of benzene rings is 1. The first-order chi connectivity index (χ1) is 9.15. The van der Waals surface area contributed by atoms with Crippen molar-refractivity contribution < 1.29 is 9.84 Å². The van der Waals surface area contributed by atoms with E-state index in [0.29, 0.717) is 0 Å². The Morgan fingerprint density at radius 3 is 3.00 bits per heavy atom. The maximum absolute atomic E-state index is 10.4. The minimum Gasteiger partial charge on any atom is -0.485 e. The Labute approximate surface area is 121 Å². The summed E-state index contributed by atoms with van der Waals surface area (Å²) < 4.78 is 7.29. The van der Waals surface area contributed by atoms with Gasteiger partial charge >= 0.3 is 0 Å². The lowest BCUT2D eigenvalue weighted by molar-refractivity contribution is -0.00766. The molecule has 2 heterocycles. The number of hydrogen-bond acceptors (Lipinski definition) is 3. The van der Waals surface area contributed by atoms with Crippen molar-refractivity contribution in [3.05, 3.63) is 28.2 Å². The molecule has 1 saturated heterocycles. The predicted octanol–water partition coefficient (Wildman–Crippen LogP) is 2.87. The number of likely N-dealkylation sites (tertiary alicyclic amines) is 1. The van der Waals surface area contributed by atoms with E-state index >= 15 is 0 Å². The maximum atomic E-state index is 10.4. The smallest absolute Gasteiger partial charge is 0.126 e. The van der Waals surface area contributed by atoms with Gasteiger partial charge in [-0.2, -0.15) is 0 Å². The number of aliphatic hydroxyl groups is 1. The molecule has 102 valence electrons. The fourth-order valence-electron chi connectivity index (χ4n) is 3.49. The van der Waals surface area contributed by atoms with Crippen molar-refractivity contribution in [2.24, 2.45) is 0 Å². The monoisotopic (exact) mass is 323 g/mol. The number of hydrogen-bond donors (Lipinski definition) is 1. The van der Waals surface area contributed by atoms with Crippen molar-refractivity contribution in [2.75, 3.05) is 13.1 Å². The minimum absolute atomic E-state index is 0.164. The second-order valence-corrected chi connectivity index (χ2v) is 7.05. The first-order valence-corrected chi connectivity index (χ1v) is 7.85. The molecule has 3 nitrogen and oxygen atoms in total. The van der Waals surface area contributed by atoms with Crippen LogP contribution in [0.25, 0.3) is 0 Å². The fraction of sp³-hybridized carbons (Fsp3) is 0.600. The van der Waals surface area contributed by atoms with Crippen LogP contribution in [0.2, 0.25) is 0 Å². The van der Waals surface area contributed by atoms with E-state index in [-0.39, 0.29) is 5.60 Å². The molecule has 0 amide bonds. The molecule has 2 fully saturated rings. The van der Waals surface area contributed by atoms with Crippen molar-refractivity contribution >= 4 is 15.9 Å². The summed E-state index contributed by atoms with van der Waals surface area (Å²) in [6.07, 6.45) is 4.03. The van der Waals surface area contributed by atoms with Gasteiger partial charge in [0, 0.05) is 42.0 Å². The van der Waals surface area contributed by atoms with E-state index in [2.05, 4.69) is 20.8 Å². The van der Waals surface area contributed by atoms with Gasteiger partial charge in [0.1, 0.15) is 11.4 Å². The standard InChI is InChI=1S/C15H18BrNO2/c16-10-1-4-14-12(7-10)13(18)8-15(19-14)5-6-17(9-15)11-2-3-11/h1,4,7,11,13,18H,2-3,5-6,8-9H2/t13-,15?/m0/s1. The van der Waals surface area contributed by atoms with Gasteiger partial charge in [0.05, 0.1) is 6.10 Å². The molecule has 19 heavy (non-hydrogen) atoms. The molecule has 1 aromatic carbocycles. The van der Waals surface area contributed by atoms with Crippen molar-refractivity contribution in [2.45, 2.75) is 43.4 Å². The van der Waals surface area contributed by atoms with Gasteiger partial charge in [0.25, 0.3) is 0 Å². The first-order valence-electron chi connectivity index (χ1n) is 7.06. The maximum Gasteiger partial charge on any atom is 0.126 e. The number of fused-ring (bicyclic) bond motifs is 1. The number of rotatable bonds is 1. The summed E-state index contributed by atoms with van der Waals surface area (Å²) in [4.78, 5) is 2.54. The zero-order valence-electron chi connectivity index (χ0n) is 10.8. The van der Waals surface area contributed by atoms with Crippen LogP contribution in [0, 0.1) is 0 Å². The third-order valence-corrected chi connectivity index (χ3v) is 5.13. The molecule has 1 N–H and O–H groups in total. The zero-order valence-corrected chi connectivity index (χ0v) is 12.4. The third-order valence-electron chi connectivity index (χ3n) is 4.63. The van der Waals surface area contributed by atoms with E-state index in [0.717, 1.165) is 47.8 Å². The quantitative estimate of drug-likeness (QED) is 0.862. The van der Waals surface area contributed by atoms with Crippen LogP contribution in [0.5, 0.6) is 5.75 Å². The van der Waals surface area contributed by atoms with Gasteiger partial charge in [0.2, 0.25) is 0 Å². The summed E-state index contributed by atoms with van der Waals surface area (Å²) in [5.41, 5.74) is 0.757. The molecule has 1 saturated carbocycles. The summed E-state index contributed by atoms with van der Waals surface area (Å²) >= 11 is 3.45. The highest BCUT2D eigenvalue weighted by Gasteiger charge is 2.48. The molecule has 1 aliphatic carbocycles. The fourth-order valence-corrected chi connectivity index (χ4v) is 3.87. The van der Waals surface area contributed by atoms with Crippen LogP contribution in [-0.4, -0.2) is 34.7 Å². The van der Waals surface area contributed by atoms with E-state index in [1.165, 1.54) is 12.8 Å². The SMILES string of the molecule is O[C@H]1CC2(CCN(C3CC3)C2)Oc2ccc(Br)cc21. The van der Waals surface area contributed by atoms with Crippen LogP contribution in [0.3, 0.4) is 0 Å². The van der Waals surface area contributed by atoms with Gasteiger partial charge in [-0.05, 0) is 31.0 Å². The Balaban J connectivity index is 1.62. The van der Waals surface area contributed by atoms with Crippen LogP contribution in [0.4, 0.5) is 0 Å². The average Bonchev–Trinajstić information content (AvgIpc) is 3.15. The highest BCUT2D eigenvalue weighted by atomic mass is 79.9. The summed E-state index contributed by atoms with van der Waals surface area (Å²) in [7, 11) is 0. The Morgan fingerprint density at radius 2 is 2.21 bits per heavy atom. The summed E-state index contributed by atoms with van der Waals surface area (Å²) in [6.45, 7) is 2.09. The number of nitrogens with zero attached hydrogens (tertiary/aromatic N) is 1. The van der Waals surface area contributed by atoms with E-state index in [1.807, 2.05) is 18.2 Å². The second-order valence-electron chi connectivity index (χ2n) is 6.14. The lowest BCUT2D eigenvalue weighted by atomic mass is 9.88. The summed E-state index contributed by atoms with van der Waals surface area (Å²) in [5, 5.41) is 10.4. The van der Waals surface area contributed by atoms with E-state index in [1.54, 1.807) is 0 Å². The van der Waals surface area contributed by atoms with Crippen LogP contribution in [0.1, 0.15) is 37.4 Å². The molecular formula is C15H18BrNO2. The van der Waals surface area contributed by atoms with Gasteiger partial charge in [-0.1, -0.05) is 15.9 Å². The molecule has 0 aromatic heterocycles. The Hall–Kier alpha value is -0.580. The first kappa shape index (κ1) is 12.2. The highest BCUT2D eigenvalue weighted by Crippen LogP contribution is 2.46. The van der Waals surface area contributed by atoms with E-state index in [4.69, 9.17) is 4.74 Å². The van der Waals surface area contributed by atoms with Gasteiger partial charge in [-0.3, -0.25) is 4.90 Å². The van der Waals surface area contributed by atoms with E-state index in [9.17, 15) is 5.11 Å².